The Balaban J connectivity index is 2.29. The first kappa shape index (κ1) is 4.68. The highest BCUT2D eigenvalue weighted by Gasteiger charge is 2.20. The van der Waals surface area contributed by atoms with E-state index in [2.05, 4.69) is 18.2 Å². The van der Waals surface area contributed by atoms with Gasteiger partial charge in [-0.25, -0.2) is 0 Å². The van der Waals surface area contributed by atoms with Crippen LogP contribution in [0.15, 0.2) is 23.8 Å². The van der Waals surface area contributed by atoms with Crippen molar-refractivity contribution in [2.45, 2.75) is 0 Å². The zero-order chi connectivity index (χ0) is 5.40. The highest BCUT2D eigenvalue weighted by atomic mass is 32.2. The van der Waals surface area contributed by atoms with E-state index in [0.717, 1.165) is 5.92 Å². The van der Waals surface area contributed by atoms with Crippen LogP contribution in [0.25, 0.3) is 0 Å². The predicted octanol–water partition coefficient (Wildman–Crippen LogP) is 1.85. The van der Waals surface area contributed by atoms with Crippen LogP contribution in [0.1, 0.15) is 0 Å². The Morgan fingerprint density at radius 2 is 2.62 bits per heavy atom. The number of allylic oxidation sites excluding steroid dienone is 3. The van der Waals surface area contributed by atoms with Gasteiger partial charge < -0.3 is 0 Å². The van der Waals surface area contributed by atoms with Gasteiger partial charge >= 0.3 is 0 Å². The quantitative estimate of drug-likeness (QED) is 0.475. The molecule has 0 aromatic heterocycles. The van der Waals surface area contributed by atoms with Crippen molar-refractivity contribution in [2.75, 3.05) is 11.5 Å². The first-order valence-electron chi connectivity index (χ1n) is 2.92. The molecule has 2 rings (SSSR count). The summed E-state index contributed by atoms with van der Waals surface area (Å²) < 4.78 is 0. The van der Waals surface area contributed by atoms with E-state index in [1.54, 1.807) is 5.57 Å². The molecule has 0 nitrogen and oxygen atoms in total. The van der Waals surface area contributed by atoms with Gasteiger partial charge in [0, 0.05) is 17.4 Å². The lowest BCUT2D eigenvalue weighted by Gasteiger charge is -1.94. The van der Waals surface area contributed by atoms with Crippen LogP contribution in [0, 0.1) is 5.92 Å². The van der Waals surface area contributed by atoms with Gasteiger partial charge in [-0.15, -0.1) is 0 Å². The monoisotopic (exact) mass is 124 g/mol. The number of thioether (sulfide) groups is 1. The Labute approximate surface area is 53.7 Å². The molecule has 1 saturated heterocycles. The first-order chi connectivity index (χ1) is 3.97. The summed E-state index contributed by atoms with van der Waals surface area (Å²) in [6, 6.07) is 0. The van der Waals surface area contributed by atoms with Crippen molar-refractivity contribution in [1.82, 2.24) is 0 Å². The molecule has 0 spiro atoms. The summed E-state index contributed by atoms with van der Waals surface area (Å²) in [6.07, 6.45) is 6.74. The molecule has 42 valence electrons. The van der Waals surface area contributed by atoms with Gasteiger partial charge in [0.05, 0.1) is 0 Å². The molecule has 0 aromatic carbocycles. The number of hydrogen-bond acceptors (Lipinski definition) is 1. The van der Waals surface area contributed by atoms with Crippen molar-refractivity contribution < 1.29 is 0 Å². The lowest BCUT2D eigenvalue weighted by atomic mass is 10.1. The van der Waals surface area contributed by atoms with Gasteiger partial charge in [0.2, 0.25) is 0 Å². The molecular weight excluding hydrogens is 116 g/mol. The number of hydrogen-bond donors (Lipinski definition) is 0. The SMILES string of the molecule is C1=CC2CSCC2=C1. The van der Waals surface area contributed by atoms with Crippen molar-refractivity contribution in [1.29, 1.82) is 0 Å². The molecule has 0 amide bonds. The Hall–Kier alpha value is -0.170. The average Bonchev–Trinajstić information content (AvgIpc) is 2.15. The van der Waals surface area contributed by atoms with Gasteiger partial charge in [0.25, 0.3) is 0 Å². The van der Waals surface area contributed by atoms with E-state index in [-0.39, 0.29) is 0 Å². The van der Waals surface area contributed by atoms with E-state index in [0.29, 0.717) is 0 Å². The molecule has 1 fully saturated rings. The molecule has 1 atom stereocenters. The Bertz CT molecular complexity index is 156. The van der Waals surface area contributed by atoms with Crippen LogP contribution < -0.4 is 0 Å². The Morgan fingerprint density at radius 1 is 1.62 bits per heavy atom. The Kier molecular flexibility index (Phi) is 0.971. The van der Waals surface area contributed by atoms with E-state index in [1.165, 1.54) is 11.5 Å². The molecule has 1 heteroatoms. The van der Waals surface area contributed by atoms with Gasteiger partial charge in [0.1, 0.15) is 0 Å². The minimum absolute atomic E-state index is 0.819. The van der Waals surface area contributed by atoms with Crippen molar-refractivity contribution in [2.24, 2.45) is 5.92 Å². The van der Waals surface area contributed by atoms with E-state index >= 15 is 0 Å². The van der Waals surface area contributed by atoms with E-state index < -0.39 is 0 Å². The molecule has 2 aliphatic rings. The van der Waals surface area contributed by atoms with Crippen molar-refractivity contribution in [3.8, 4) is 0 Å². The van der Waals surface area contributed by atoms with Crippen LogP contribution in [0.5, 0.6) is 0 Å². The minimum Gasteiger partial charge on any atom is -0.157 e. The molecule has 1 aliphatic heterocycles. The van der Waals surface area contributed by atoms with E-state index in [4.69, 9.17) is 0 Å². The van der Waals surface area contributed by atoms with Gasteiger partial charge in [-0.1, -0.05) is 23.8 Å². The van der Waals surface area contributed by atoms with Crippen LogP contribution in [0.3, 0.4) is 0 Å². The molecular formula is C7H8S. The van der Waals surface area contributed by atoms with Crippen LogP contribution in [0.4, 0.5) is 0 Å². The molecule has 8 heavy (non-hydrogen) atoms. The summed E-state index contributed by atoms with van der Waals surface area (Å²) in [6.45, 7) is 0. The summed E-state index contributed by atoms with van der Waals surface area (Å²) in [5.74, 6) is 3.42. The van der Waals surface area contributed by atoms with Crippen LogP contribution in [-0.2, 0) is 0 Å². The molecule has 0 aromatic rings. The minimum atomic E-state index is 0.819. The maximum absolute atomic E-state index is 2.30. The van der Waals surface area contributed by atoms with Crippen LogP contribution >= 0.6 is 11.8 Å². The molecule has 0 N–H and O–H groups in total. The fraction of sp³-hybridized carbons (Fsp3) is 0.429. The van der Waals surface area contributed by atoms with Gasteiger partial charge in [-0.3, -0.25) is 0 Å². The van der Waals surface area contributed by atoms with E-state index in [9.17, 15) is 0 Å². The lowest BCUT2D eigenvalue weighted by molar-refractivity contribution is 0.933. The van der Waals surface area contributed by atoms with Crippen molar-refractivity contribution in [3.05, 3.63) is 23.8 Å². The summed E-state index contributed by atoms with van der Waals surface area (Å²) >= 11 is 2.05. The summed E-state index contributed by atoms with van der Waals surface area (Å²) in [5.41, 5.74) is 1.63. The molecule has 0 bridgehead atoms. The summed E-state index contributed by atoms with van der Waals surface area (Å²) in [7, 11) is 0. The molecule has 1 unspecified atom stereocenters. The molecule has 0 radical (unpaired) electrons. The van der Waals surface area contributed by atoms with E-state index in [1.807, 2.05) is 11.8 Å². The maximum Gasteiger partial charge on any atom is 0.0152 e. The maximum atomic E-state index is 2.30. The highest BCUT2D eigenvalue weighted by molar-refractivity contribution is 7.99. The number of rotatable bonds is 0. The molecule has 1 aliphatic carbocycles. The van der Waals surface area contributed by atoms with Crippen molar-refractivity contribution in [3.63, 3.8) is 0 Å². The van der Waals surface area contributed by atoms with Gasteiger partial charge in [-0.2, -0.15) is 11.8 Å². The lowest BCUT2D eigenvalue weighted by Crippen LogP contribution is -1.90. The van der Waals surface area contributed by atoms with Crippen LogP contribution in [-0.4, -0.2) is 11.5 Å². The molecule has 0 saturated carbocycles. The normalized spacial score (nSPS) is 33.0. The second-order valence-corrected chi connectivity index (χ2v) is 3.28. The molecule has 1 heterocycles. The van der Waals surface area contributed by atoms with Gasteiger partial charge in [-0.05, 0) is 0 Å². The zero-order valence-corrected chi connectivity index (χ0v) is 5.45. The standard InChI is InChI=1S/C7H8S/c1-2-6-4-8-5-7(6)3-1/h1-3,6H,4-5H2. The third kappa shape index (κ3) is 0.543. The third-order valence-electron chi connectivity index (χ3n) is 1.70. The third-order valence-corrected chi connectivity index (χ3v) is 2.83. The van der Waals surface area contributed by atoms with Crippen LogP contribution in [0.2, 0.25) is 0 Å². The Morgan fingerprint density at radius 3 is 3.50 bits per heavy atom. The van der Waals surface area contributed by atoms with Gasteiger partial charge in [0.15, 0.2) is 0 Å². The zero-order valence-electron chi connectivity index (χ0n) is 4.63. The largest absolute Gasteiger partial charge is 0.157 e. The highest BCUT2D eigenvalue weighted by Crippen LogP contribution is 2.33. The fourth-order valence-corrected chi connectivity index (χ4v) is 2.42. The fourth-order valence-electron chi connectivity index (χ4n) is 1.18. The average molecular weight is 124 g/mol. The summed E-state index contributed by atoms with van der Waals surface area (Å²) in [4.78, 5) is 0. The predicted molar refractivity (Wildman–Crippen MR) is 38.0 cm³/mol. The smallest absolute Gasteiger partial charge is 0.0152 e. The second-order valence-electron chi connectivity index (χ2n) is 2.25. The number of fused-ring (bicyclic) bond motifs is 1. The first-order valence-corrected chi connectivity index (χ1v) is 4.07. The van der Waals surface area contributed by atoms with Crippen molar-refractivity contribution >= 4 is 11.8 Å². The second kappa shape index (κ2) is 1.66. The summed E-state index contributed by atoms with van der Waals surface area (Å²) in [5, 5.41) is 0. The topological polar surface area (TPSA) is 0 Å².